The number of ether oxygens (including phenoxy) is 1. The molecule has 1 aliphatic carbocycles. The predicted molar refractivity (Wildman–Crippen MR) is 128 cm³/mol. The molecule has 0 saturated heterocycles. The SMILES string of the molecule is COC(=O)c1ccc(O)c(-c2c3c(nc4ccccc24)C=CC(c2ccc(Cl)cc2)C3=O)c1. The molecule has 1 N–H and O–H groups in total. The standard InChI is InChI=1S/C27H18ClNO4/c1-33-27(32)16-8-13-23(30)20(14-16)24-19-4-2-3-5-21(19)29-22-12-11-18(26(31)25(22)24)15-6-9-17(28)10-7-15/h2-14,18,30H,1H3. The maximum absolute atomic E-state index is 13.8. The molecule has 33 heavy (non-hydrogen) atoms. The van der Waals surface area contributed by atoms with E-state index in [4.69, 9.17) is 21.3 Å². The number of hydrogen-bond acceptors (Lipinski definition) is 5. The van der Waals surface area contributed by atoms with Crippen LogP contribution in [0, 0.1) is 0 Å². The number of Topliss-reactive ketones (excluding diaryl/α,β-unsaturated/α-hetero) is 1. The second-order valence-corrected chi connectivity index (χ2v) is 8.18. The number of aromatic hydroxyl groups is 1. The summed E-state index contributed by atoms with van der Waals surface area (Å²) in [5.74, 6) is -1.26. The number of rotatable bonds is 3. The Labute approximate surface area is 194 Å². The smallest absolute Gasteiger partial charge is 0.337 e. The van der Waals surface area contributed by atoms with Crippen molar-refractivity contribution >= 4 is 40.3 Å². The molecule has 1 heterocycles. The van der Waals surface area contributed by atoms with Crippen LogP contribution in [-0.4, -0.2) is 29.0 Å². The van der Waals surface area contributed by atoms with Gasteiger partial charge in [-0.15, -0.1) is 0 Å². The van der Waals surface area contributed by atoms with Crippen LogP contribution in [0.5, 0.6) is 5.75 Å². The van der Waals surface area contributed by atoms with E-state index in [-0.39, 0.29) is 17.1 Å². The number of pyridine rings is 1. The van der Waals surface area contributed by atoms with E-state index >= 15 is 0 Å². The van der Waals surface area contributed by atoms with Crippen molar-refractivity contribution in [3.05, 3.63) is 100 Å². The largest absolute Gasteiger partial charge is 0.507 e. The first kappa shape index (κ1) is 20.9. The molecule has 1 aliphatic rings. The zero-order valence-corrected chi connectivity index (χ0v) is 18.3. The van der Waals surface area contributed by atoms with Gasteiger partial charge < -0.3 is 9.84 Å². The summed E-state index contributed by atoms with van der Waals surface area (Å²) >= 11 is 6.03. The molecular weight excluding hydrogens is 438 g/mol. The summed E-state index contributed by atoms with van der Waals surface area (Å²) in [5, 5.41) is 12.1. The van der Waals surface area contributed by atoms with Crippen molar-refractivity contribution in [3.63, 3.8) is 0 Å². The molecule has 0 fully saturated rings. The number of ketones is 1. The van der Waals surface area contributed by atoms with E-state index in [1.807, 2.05) is 48.6 Å². The van der Waals surface area contributed by atoms with E-state index in [0.717, 1.165) is 5.56 Å². The van der Waals surface area contributed by atoms with Crippen molar-refractivity contribution in [2.24, 2.45) is 0 Å². The highest BCUT2D eigenvalue weighted by atomic mass is 35.5. The average Bonchev–Trinajstić information content (AvgIpc) is 2.84. The topological polar surface area (TPSA) is 76.5 Å². The molecule has 0 radical (unpaired) electrons. The van der Waals surface area contributed by atoms with Crippen LogP contribution in [0.25, 0.3) is 28.1 Å². The van der Waals surface area contributed by atoms with Gasteiger partial charge in [-0.1, -0.05) is 48.0 Å². The Bertz CT molecular complexity index is 1460. The van der Waals surface area contributed by atoms with Gasteiger partial charge in [0.25, 0.3) is 0 Å². The number of esters is 1. The normalized spacial score (nSPS) is 14.8. The highest BCUT2D eigenvalue weighted by Gasteiger charge is 2.31. The fourth-order valence-corrected chi connectivity index (χ4v) is 4.35. The molecule has 3 aromatic carbocycles. The molecule has 0 bridgehead atoms. The van der Waals surface area contributed by atoms with Gasteiger partial charge in [-0.3, -0.25) is 4.79 Å². The highest BCUT2D eigenvalue weighted by molar-refractivity contribution is 6.30. The lowest BCUT2D eigenvalue weighted by Crippen LogP contribution is -2.18. The van der Waals surface area contributed by atoms with E-state index in [1.54, 1.807) is 18.2 Å². The van der Waals surface area contributed by atoms with Crippen LogP contribution in [-0.2, 0) is 4.74 Å². The first-order chi connectivity index (χ1) is 16.0. The van der Waals surface area contributed by atoms with Crippen molar-refractivity contribution in [2.45, 2.75) is 5.92 Å². The summed E-state index contributed by atoms with van der Waals surface area (Å²) < 4.78 is 4.85. The summed E-state index contributed by atoms with van der Waals surface area (Å²) in [6.45, 7) is 0. The minimum Gasteiger partial charge on any atom is -0.507 e. The van der Waals surface area contributed by atoms with E-state index in [9.17, 15) is 14.7 Å². The van der Waals surface area contributed by atoms with Gasteiger partial charge in [-0.05, 0) is 48.0 Å². The van der Waals surface area contributed by atoms with Crippen molar-refractivity contribution < 1.29 is 19.4 Å². The predicted octanol–water partition coefficient (Wildman–Crippen LogP) is 6.04. The van der Waals surface area contributed by atoms with Gasteiger partial charge in [0.1, 0.15) is 5.75 Å². The second kappa shape index (κ2) is 8.19. The molecule has 6 heteroatoms. The van der Waals surface area contributed by atoms with Gasteiger partial charge in [0, 0.05) is 21.5 Å². The Morgan fingerprint density at radius 2 is 1.79 bits per heavy atom. The molecule has 162 valence electrons. The van der Waals surface area contributed by atoms with E-state index < -0.39 is 11.9 Å². The minimum absolute atomic E-state index is 0.0494. The number of phenols is 1. The van der Waals surface area contributed by atoms with Gasteiger partial charge in [-0.25, -0.2) is 9.78 Å². The summed E-state index contributed by atoms with van der Waals surface area (Å²) in [6.07, 6.45) is 3.65. The van der Waals surface area contributed by atoms with Crippen molar-refractivity contribution in [2.75, 3.05) is 7.11 Å². The Kier molecular flexibility index (Phi) is 5.19. The molecule has 1 aromatic heterocycles. The number of halogens is 1. The number of para-hydroxylation sites is 1. The number of phenolic OH excluding ortho intramolecular Hbond substituents is 1. The Hall–Kier alpha value is -3.96. The summed E-state index contributed by atoms with van der Waals surface area (Å²) in [5.41, 5.74) is 3.57. The van der Waals surface area contributed by atoms with Crippen LogP contribution < -0.4 is 0 Å². The Morgan fingerprint density at radius 3 is 2.55 bits per heavy atom. The zero-order valence-electron chi connectivity index (χ0n) is 17.6. The molecule has 4 aromatic rings. The van der Waals surface area contributed by atoms with Crippen LogP contribution >= 0.6 is 11.6 Å². The average molecular weight is 456 g/mol. The summed E-state index contributed by atoms with van der Waals surface area (Å²) in [7, 11) is 1.30. The number of benzene rings is 3. The van der Waals surface area contributed by atoms with Gasteiger partial charge in [0.05, 0.1) is 35.4 Å². The van der Waals surface area contributed by atoms with Crippen LogP contribution in [0.4, 0.5) is 0 Å². The Morgan fingerprint density at radius 1 is 1.03 bits per heavy atom. The van der Waals surface area contributed by atoms with Crippen LogP contribution in [0.2, 0.25) is 5.02 Å². The number of fused-ring (bicyclic) bond motifs is 2. The molecule has 1 atom stereocenters. The molecule has 5 rings (SSSR count). The first-order valence-corrected chi connectivity index (χ1v) is 10.7. The van der Waals surface area contributed by atoms with Crippen LogP contribution in [0.3, 0.4) is 0 Å². The third-order valence-corrected chi connectivity index (χ3v) is 6.06. The number of hydrogen-bond donors (Lipinski definition) is 1. The highest BCUT2D eigenvalue weighted by Crippen LogP contribution is 2.42. The monoisotopic (exact) mass is 455 g/mol. The molecule has 1 unspecified atom stereocenters. The quantitative estimate of drug-likeness (QED) is 0.381. The number of carbonyl (C=O) groups excluding carboxylic acids is 2. The summed E-state index contributed by atoms with van der Waals surface area (Å²) in [4.78, 5) is 30.7. The maximum atomic E-state index is 13.8. The number of nitrogens with zero attached hydrogens (tertiary/aromatic N) is 1. The molecule has 0 spiro atoms. The molecule has 0 saturated carbocycles. The molecule has 0 aliphatic heterocycles. The third-order valence-electron chi connectivity index (χ3n) is 5.81. The zero-order chi connectivity index (χ0) is 23.1. The van der Waals surface area contributed by atoms with E-state index in [2.05, 4.69) is 0 Å². The molecule has 0 amide bonds. The van der Waals surface area contributed by atoms with Crippen molar-refractivity contribution in [1.29, 1.82) is 0 Å². The molecular formula is C27H18ClNO4. The molecule has 5 nitrogen and oxygen atoms in total. The second-order valence-electron chi connectivity index (χ2n) is 7.74. The van der Waals surface area contributed by atoms with Gasteiger partial charge >= 0.3 is 5.97 Å². The minimum atomic E-state index is -0.534. The first-order valence-electron chi connectivity index (χ1n) is 10.3. The number of methoxy groups -OCH3 is 1. The van der Waals surface area contributed by atoms with Gasteiger partial charge in [0.15, 0.2) is 5.78 Å². The summed E-state index contributed by atoms with van der Waals surface area (Å²) in [6, 6.07) is 19.0. The van der Waals surface area contributed by atoms with Gasteiger partial charge in [-0.2, -0.15) is 0 Å². The lowest BCUT2D eigenvalue weighted by atomic mass is 9.81. The van der Waals surface area contributed by atoms with Crippen LogP contribution in [0.15, 0.2) is 72.8 Å². The van der Waals surface area contributed by atoms with Crippen molar-refractivity contribution in [3.8, 4) is 16.9 Å². The third kappa shape index (κ3) is 3.56. The maximum Gasteiger partial charge on any atom is 0.337 e. The lowest BCUT2D eigenvalue weighted by Gasteiger charge is -2.23. The fourth-order valence-electron chi connectivity index (χ4n) is 4.22. The van der Waals surface area contributed by atoms with E-state index in [1.165, 1.54) is 19.2 Å². The Balaban J connectivity index is 1.79. The lowest BCUT2D eigenvalue weighted by molar-refractivity contribution is 0.0600. The number of carbonyl (C=O) groups is 2. The van der Waals surface area contributed by atoms with Crippen LogP contribution in [0.1, 0.15) is 37.9 Å². The van der Waals surface area contributed by atoms with Gasteiger partial charge in [0.2, 0.25) is 0 Å². The number of allylic oxidation sites excluding steroid dienone is 1. The van der Waals surface area contributed by atoms with Crippen molar-refractivity contribution in [1.82, 2.24) is 4.98 Å². The van der Waals surface area contributed by atoms with E-state index in [0.29, 0.717) is 38.3 Å². The fraction of sp³-hybridized carbons (Fsp3) is 0.0741. The number of aromatic nitrogens is 1.